The summed E-state index contributed by atoms with van der Waals surface area (Å²) >= 11 is 0. The number of aliphatic hydroxyl groups excluding tert-OH is 1. The number of hydrogen-bond acceptors (Lipinski definition) is 4. The van der Waals surface area contributed by atoms with Crippen molar-refractivity contribution in [3.63, 3.8) is 0 Å². The average molecular weight is 280 g/mol. The average Bonchev–Trinajstić information content (AvgIpc) is 2.81. The molecule has 0 bridgehead atoms. The molecule has 1 saturated heterocycles. The smallest absolute Gasteiger partial charge is 0.270 e. The number of nitrogens with two attached hydrogens (primary N) is 1. The number of β-amino-alcohol motifs (C(OH)–C–C–N with tert-alkyl or cyclic N) is 1. The minimum Gasteiger partial charge on any atom is -0.397 e. The summed E-state index contributed by atoms with van der Waals surface area (Å²) in [7, 11) is 0. The van der Waals surface area contributed by atoms with E-state index in [4.69, 9.17) is 10.8 Å². The summed E-state index contributed by atoms with van der Waals surface area (Å²) in [6.07, 6.45) is 2.80. The van der Waals surface area contributed by atoms with E-state index in [9.17, 15) is 4.79 Å². The molecule has 1 fully saturated rings. The van der Waals surface area contributed by atoms with Gasteiger partial charge in [-0.1, -0.05) is 6.92 Å². The predicted molar refractivity (Wildman–Crippen MR) is 78.6 cm³/mol. The molecule has 1 aliphatic heterocycles. The van der Waals surface area contributed by atoms with Crippen molar-refractivity contribution in [1.29, 1.82) is 0 Å². The van der Waals surface area contributed by atoms with Crippen molar-refractivity contribution in [2.24, 2.45) is 0 Å². The molecule has 0 saturated carbocycles. The molecule has 3 N–H and O–H groups in total. The molecule has 0 atom stereocenters. The van der Waals surface area contributed by atoms with E-state index >= 15 is 0 Å². The van der Waals surface area contributed by atoms with Gasteiger partial charge in [-0.05, 0) is 12.5 Å². The summed E-state index contributed by atoms with van der Waals surface area (Å²) in [6, 6.07) is 1.76. The van der Waals surface area contributed by atoms with Gasteiger partial charge in [0.15, 0.2) is 0 Å². The second-order valence-electron chi connectivity index (χ2n) is 5.21. The van der Waals surface area contributed by atoms with E-state index in [1.54, 1.807) is 6.07 Å². The highest BCUT2D eigenvalue weighted by atomic mass is 16.3. The molecule has 2 heterocycles. The van der Waals surface area contributed by atoms with Gasteiger partial charge in [0.25, 0.3) is 5.91 Å². The van der Waals surface area contributed by atoms with Gasteiger partial charge >= 0.3 is 0 Å². The molecule has 0 aliphatic carbocycles. The Morgan fingerprint density at radius 3 is 2.60 bits per heavy atom. The molecule has 2 rings (SSSR count). The summed E-state index contributed by atoms with van der Waals surface area (Å²) in [6.45, 7) is 6.78. The minimum atomic E-state index is 0.0544. The van der Waals surface area contributed by atoms with Crippen LogP contribution >= 0.6 is 0 Å². The fraction of sp³-hybridized carbons (Fsp3) is 0.643. The van der Waals surface area contributed by atoms with Crippen LogP contribution in [0.2, 0.25) is 0 Å². The summed E-state index contributed by atoms with van der Waals surface area (Å²) in [5.41, 5.74) is 7.13. The van der Waals surface area contributed by atoms with Gasteiger partial charge in [-0.3, -0.25) is 9.69 Å². The molecule has 1 aromatic heterocycles. The lowest BCUT2D eigenvalue weighted by Gasteiger charge is -2.34. The molecular weight excluding hydrogens is 256 g/mol. The third kappa shape index (κ3) is 3.32. The molecule has 1 amide bonds. The highest BCUT2D eigenvalue weighted by Crippen LogP contribution is 2.15. The van der Waals surface area contributed by atoms with E-state index in [2.05, 4.69) is 11.8 Å². The summed E-state index contributed by atoms with van der Waals surface area (Å²) in [5.74, 6) is 0.0544. The van der Waals surface area contributed by atoms with Crippen LogP contribution in [0.5, 0.6) is 0 Å². The largest absolute Gasteiger partial charge is 0.397 e. The van der Waals surface area contributed by atoms with Gasteiger partial charge in [0.05, 0.1) is 12.3 Å². The molecule has 112 valence electrons. The third-order valence-electron chi connectivity index (χ3n) is 3.68. The van der Waals surface area contributed by atoms with Crippen molar-refractivity contribution >= 4 is 11.6 Å². The molecule has 1 aromatic rings. The molecule has 0 spiro atoms. The normalized spacial score (nSPS) is 16.6. The zero-order valence-corrected chi connectivity index (χ0v) is 12.1. The summed E-state index contributed by atoms with van der Waals surface area (Å²) < 4.78 is 1.94. The third-order valence-corrected chi connectivity index (χ3v) is 3.68. The van der Waals surface area contributed by atoms with Gasteiger partial charge in [-0.2, -0.15) is 0 Å². The van der Waals surface area contributed by atoms with Crippen LogP contribution in [0.25, 0.3) is 0 Å². The Bertz CT molecular complexity index is 450. The first-order valence-corrected chi connectivity index (χ1v) is 7.23. The van der Waals surface area contributed by atoms with Crippen molar-refractivity contribution in [3.8, 4) is 0 Å². The Morgan fingerprint density at radius 2 is 2.00 bits per heavy atom. The zero-order valence-electron chi connectivity index (χ0n) is 12.1. The lowest BCUT2D eigenvalue weighted by atomic mass is 10.2. The molecule has 0 aromatic carbocycles. The van der Waals surface area contributed by atoms with E-state index in [1.807, 2.05) is 15.7 Å². The van der Waals surface area contributed by atoms with Crippen LogP contribution in [0.1, 0.15) is 23.8 Å². The van der Waals surface area contributed by atoms with E-state index in [1.165, 1.54) is 0 Å². The number of anilines is 1. The number of amides is 1. The Morgan fingerprint density at radius 1 is 1.30 bits per heavy atom. The standard InChI is InChI=1S/C14H24N4O2/c1-2-3-18-11-12(15)10-13(18)14(20)17-6-4-16(5-7-17)8-9-19/h10-11,19H,2-9,15H2,1H3. The molecular formula is C14H24N4O2. The van der Waals surface area contributed by atoms with Gasteiger partial charge in [-0.25, -0.2) is 0 Å². The number of nitrogens with zero attached hydrogens (tertiary/aromatic N) is 3. The minimum absolute atomic E-state index is 0.0544. The maximum Gasteiger partial charge on any atom is 0.270 e. The van der Waals surface area contributed by atoms with Crippen LogP contribution in [-0.4, -0.2) is 64.7 Å². The van der Waals surface area contributed by atoms with Crippen molar-refractivity contribution in [3.05, 3.63) is 18.0 Å². The number of aromatic nitrogens is 1. The first-order chi connectivity index (χ1) is 9.65. The van der Waals surface area contributed by atoms with Gasteiger partial charge in [0.1, 0.15) is 5.69 Å². The van der Waals surface area contributed by atoms with Gasteiger partial charge in [0, 0.05) is 45.5 Å². The van der Waals surface area contributed by atoms with Crippen molar-refractivity contribution in [2.75, 3.05) is 45.1 Å². The summed E-state index contributed by atoms with van der Waals surface area (Å²) in [4.78, 5) is 16.6. The number of rotatable bonds is 5. The monoisotopic (exact) mass is 280 g/mol. The maximum atomic E-state index is 12.6. The highest BCUT2D eigenvalue weighted by molar-refractivity contribution is 5.94. The Kier molecular flexibility index (Phi) is 5.03. The second-order valence-corrected chi connectivity index (χ2v) is 5.21. The lowest BCUT2D eigenvalue weighted by Crippen LogP contribution is -2.49. The number of nitrogen functional groups attached to an aromatic ring is 1. The van der Waals surface area contributed by atoms with Crippen LogP contribution < -0.4 is 5.73 Å². The van der Waals surface area contributed by atoms with E-state index in [0.717, 1.165) is 26.1 Å². The van der Waals surface area contributed by atoms with Gasteiger partial charge < -0.3 is 20.3 Å². The quantitative estimate of drug-likeness (QED) is 0.810. The Hall–Kier alpha value is -1.53. The molecule has 6 nitrogen and oxygen atoms in total. The van der Waals surface area contributed by atoms with Crippen molar-refractivity contribution < 1.29 is 9.90 Å². The molecule has 1 aliphatic rings. The molecule has 0 radical (unpaired) electrons. The lowest BCUT2D eigenvalue weighted by molar-refractivity contribution is 0.0604. The van der Waals surface area contributed by atoms with E-state index in [-0.39, 0.29) is 12.5 Å². The number of carbonyl (C=O) groups is 1. The first-order valence-electron chi connectivity index (χ1n) is 7.23. The van der Waals surface area contributed by atoms with Crippen molar-refractivity contribution in [1.82, 2.24) is 14.4 Å². The van der Waals surface area contributed by atoms with Gasteiger partial charge in [0.2, 0.25) is 0 Å². The number of carbonyl (C=O) groups excluding carboxylic acids is 1. The summed E-state index contributed by atoms with van der Waals surface area (Å²) in [5, 5.41) is 8.93. The number of aryl methyl sites for hydroxylation is 1. The van der Waals surface area contributed by atoms with Crippen LogP contribution in [-0.2, 0) is 6.54 Å². The van der Waals surface area contributed by atoms with Crippen LogP contribution in [0.3, 0.4) is 0 Å². The fourth-order valence-corrected chi connectivity index (χ4v) is 2.62. The molecule has 0 unspecified atom stereocenters. The highest BCUT2D eigenvalue weighted by Gasteiger charge is 2.24. The number of piperazine rings is 1. The van der Waals surface area contributed by atoms with E-state index in [0.29, 0.717) is 31.0 Å². The van der Waals surface area contributed by atoms with Crippen molar-refractivity contribution in [2.45, 2.75) is 19.9 Å². The fourth-order valence-electron chi connectivity index (χ4n) is 2.62. The SMILES string of the molecule is CCCn1cc(N)cc1C(=O)N1CCN(CCO)CC1. The van der Waals surface area contributed by atoms with Crippen LogP contribution in [0.4, 0.5) is 5.69 Å². The predicted octanol–water partition coefficient (Wildman–Crippen LogP) is 0.230. The number of hydrogen-bond donors (Lipinski definition) is 2. The first kappa shape index (κ1) is 14.9. The molecule has 6 heteroatoms. The maximum absolute atomic E-state index is 12.6. The van der Waals surface area contributed by atoms with Gasteiger partial charge in [-0.15, -0.1) is 0 Å². The number of aliphatic hydroxyl groups is 1. The zero-order chi connectivity index (χ0) is 14.5. The Labute approximate surface area is 119 Å². The van der Waals surface area contributed by atoms with Crippen LogP contribution in [0.15, 0.2) is 12.3 Å². The van der Waals surface area contributed by atoms with Crippen LogP contribution in [0, 0.1) is 0 Å². The van der Waals surface area contributed by atoms with E-state index < -0.39 is 0 Å². The topological polar surface area (TPSA) is 74.7 Å². The Balaban J connectivity index is 2.01. The molecule has 20 heavy (non-hydrogen) atoms. The second kappa shape index (κ2) is 6.76.